The number of phenolic OH excluding ortho intramolecular Hbond substituents is 2. The largest absolute Gasteiger partial charge is 0.508 e. The molecule has 0 amide bonds. The second kappa shape index (κ2) is 2.65. The fourth-order valence-electron chi connectivity index (χ4n) is 0.667. The molecule has 0 heterocycles. The lowest BCUT2D eigenvalue weighted by Crippen LogP contribution is -1.98. The molecular weight excluding hydrogens is 184 g/mol. The summed E-state index contributed by atoms with van der Waals surface area (Å²) in [4.78, 5) is -0.750. The second-order valence-corrected chi connectivity index (χ2v) is 3.41. The number of rotatable bonds is 1. The van der Waals surface area contributed by atoms with Crippen LogP contribution in [0.15, 0.2) is 17.0 Å². The Labute approximate surface area is 68.6 Å². The molecule has 1 aromatic rings. The van der Waals surface area contributed by atoms with Crippen LogP contribution in [0.5, 0.6) is 11.5 Å². The minimum absolute atomic E-state index is 0.333. The lowest BCUT2D eigenvalue weighted by molar-refractivity contribution is 0.430. The van der Waals surface area contributed by atoms with E-state index in [1.165, 1.54) is 0 Å². The second-order valence-electron chi connectivity index (χ2n) is 2.05. The first-order valence-corrected chi connectivity index (χ1v) is 4.26. The Morgan fingerprint density at radius 1 is 1.33 bits per heavy atom. The minimum Gasteiger partial charge on any atom is -0.508 e. The summed E-state index contributed by atoms with van der Waals surface area (Å²) in [6, 6.07) is 3.72. The molecule has 6 heteroatoms. The lowest BCUT2D eigenvalue weighted by atomic mass is 10.3. The molecule has 3 N–H and O–H groups in total. The molecule has 0 saturated heterocycles. The molecule has 0 aromatic heterocycles. The van der Waals surface area contributed by atoms with E-state index in [9.17, 15) is 8.42 Å². The highest BCUT2D eigenvalue weighted by Crippen LogP contribution is 2.25. The number of benzene rings is 1. The number of aromatic hydroxyl groups is 2. The van der Waals surface area contributed by atoms with E-state index in [-0.39, 0.29) is 5.75 Å². The van der Waals surface area contributed by atoms with E-state index in [0.717, 1.165) is 12.1 Å². The maximum absolute atomic E-state index is 10.4. The fourth-order valence-corrected chi connectivity index (χ4v) is 1.20. The summed E-state index contributed by atoms with van der Waals surface area (Å²) in [5.41, 5.74) is 0. The molecule has 1 radical (unpaired) electrons. The van der Waals surface area contributed by atoms with Crippen LogP contribution in [0.2, 0.25) is 0 Å². The van der Waals surface area contributed by atoms with Gasteiger partial charge in [-0.25, -0.2) is 0 Å². The van der Waals surface area contributed by atoms with Gasteiger partial charge in [-0.2, -0.15) is 8.42 Å². The monoisotopic (exact) mass is 189 g/mol. The van der Waals surface area contributed by atoms with E-state index >= 15 is 0 Å². The van der Waals surface area contributed by atoms with Gasteiger partial charge in [-0.15, -0.1) is 0 Å². The SMILES string of the molecule is O=S(=O)(O)c1[c]cc(O)cc1O. The number of hydrogen-bond acceptors (Lipinski definition) is 4. The normalized spacial score (nSPS) is 11.4. The topological polar surface area (TPSA) is 94.8 Å². The van der Waals surface area contributed by atoms with Crippen molar-refractivity contribution < 1.29 is 23.2 Å². The van der Waals surface area contributed by atoms with E-state index in [4.69, 9.17) is 14.8 Å². The molecule has 0 fully saturated rings. The zero-order valence-corrected chi connectivity index (χ0v) is 6.54. The smallest absolute Gasteiger partial charge is 0.298 e. The highest BCUT2D eigenvalue weighted by molar-refractivity contribution is 7.86. The Hall–Kier alpha value is -1.27. The van der Waals surface area contributed by atoms with Gasteiger partial charge < -0.3 is 10.2 Å². The van der Waals surface area contributed by atoms with Crippen LogP contribution in [0.4, 0.5) is 0 Å². The maximum atomic E-state index is 10.4. The average molecular weight is 189 g/mol. The summed E-state index contributed by atoms with van der Waals surface area (Å²) in [6.07, 6.45) is 0. The third kappa shape index (κ3) is 1.66. The molecule has 0 saturated carbocycles. The van der Waals surface area contributed by atoms with Gasteiger partial charge in [-0.1, -0.05) is 0 Å². The van der Waals surface area contributed by atoms with Crippen LogP contribution in [-0.4, -0.2) is 23.2 Å². The third-order valence-electron chi connectivity index (χ3n) is 1.13. The molecule has 0 aliphatic heterocycles. The number of hydrogen-bond donors (Lipinski definition) is 3. The van der Waals surface area contributed by atoms with Gasteiger partial charge in [0.25, 0.3) is 10.1 Å². The molecule has 0 spiro atoms. The van der Waals surface area contributed by atoms with Crippen LogP contribution in [0.1, 0.15) is 0 Å². The van der Waals surface area contributed by atoms with E-state index in [1.807, 2.05) is 6.07 Å². The highest BCUT2D eigenvalue weighted by atomic mass is 32.2. The Morgan fingerprint density at radius 2 is 1.92 bits per heavy atom. The van der Waals surface area contributed by atoms with E-state index in [0.29, 0.717) is 0 Å². The summed E-state index contributed by atoms with van der Waals surface area (Å²) in [7, 11) is -4.47. The molecule has 0 unspecified atom stereocenters. The lowest BCUT2D eigenvalue weighted by Gasteiger charge is -1.99. The third-order valence-corrected chi connectivity index (χ3v) is 1.97. The van der Waals surface area contributed by atoms with Crippen molar-refractivity contribution in [3.63, 3.8) is 0 Å². The summed E-state index contributed by atoms with van der Waals surface area (Å²) in [6.45, 7) is 0. The maximum Gasteiger partial charge on any atom is 0.298 e. The first kappa shape index (κ1) is 8.82. The van der Waals surface area contributed by atoms with Gasteiger partial charge in [-0.05, 0) is 6.07 Å². The molecule has 0 aliphatic rings. The Bertz CT molecular complexity index is 394. The summed E-state index contributed by atoms with van der Waals surface area (Å²) in [5.74, 6) is -1.07. The summed E-state index contributed by atoms with van der Waals surface area (Å²) in [5, 5.41) is 17.6. The van der Waals surface area contributed by atoms with E-state index in [2.05, 4.69) is 0 Å². The van der Waals surface area contributed by atoms with Gasteiger partial charge in [0.05, 0.1) is 0 Å². The van der Waals surface area contributed by atoms with E-state index in [1.54, 1.807) is 0 Å². The molecule has 1 aromatic carbocycles. The molecular formula is C6H5O5S. The zero-order valence-electron chi connectivity index (χ0n) is 5.72. The molecule has 12 heavy (non-hydrogen) atoms. The predicted octanol–water partition coefficient (Wildman–Crippen LogP) is 0.145. The van der Waals surface area contributed by atoms with Crippen molar-refractivity contribution in [3.05, 3.63) is 18.2 Å². The fraction of sp³-hybridized carbons (Fsp3) is 0. The standard InChI is InChI=1S/C6H5O5S/c7-4-1-2-6(5(8)3-4)12(9,10)11/h1,3,7-8H,(H,9,10,11). The van der Waals surface area contributed by atoms with Crippen LogP contribution < -0.4 is 0 Å². The van der Waals surface area contributed by atoms with Crippen molar-refractivity contribution in [2.75, 3.05) is 0 Å². The van der Waals surface area contributed by atoms with Crippen LogP contribution in [0, 0.1) is 6.07 Å². The first-order valence-electron chi connectivity index (χ1n) is 2.82. The molecule has 0 bridgehead atoms. The van der Waals surface area contributed by atoms with Crippen LogP contribution in [-0.2, 0) is 10.1 Å². The van der Waals surface area contributed by atoms with Gasteiger partial charge in [-0.3, -0.25) is 4.55 Å². The molecule has 1 rings (SSSR count). The van der Waals surface area contributed by atoms with Gasteiger partial charge in [0.1, 0.15) is 16.4 Å². The Kier molecular flexibility index (Phi) is 1.95. The Balaban J connectivity index is 3.39. The van der Waals surface area contributed by atoms with E-state index < -0.39 is 20.8 Å². The van der Waals surface area contributed by atoms with Crippen molar-refractivity contribution >= 4 is 10.1 Å². The van der Waals surface area contributed by atoms with Crippen molar-refractivity contribution in [2.45, 2.75) is 4.90 Å². The van der Waals surface area contributed by atoms with Gasteiger partial charge in [0.15, 0.2) is 0 Å². The van der Waals surface area contributed by atoms with Crippen molar-refractivity contribution in [3.8, 4) is 11.5 Å². The average Bonchev–Trinajstić information content (AvgIpc) is 1.83. The first-order chi connectivity index (χ1) is 5.41. The molecule has 5 nitrogen and oxygen atoms in total. The highest BCUT2D eigenvalue weighted by Gasteiger charge is 2.15. The molecule has 0 aliphatic carbocycles. The summed E-state index contributed by atoms with van der Waals surface area (Å²) < 4.78 is 29.4. The predicted molar refractivity (Wildman–Crippen MR) is 38.4 cm³/mol. The summed E-state index contributed by atoms with van der Waals surface area (Å²) >= 11 is 0. The van der Waals surface area contributed by atoms with Crippen LogP contribution >= 0.6 is 0 Å². The van der Waals surface area contributed by atoms with Crippen molar-refractivity contribution in [2.24, 2.45) is 0 Å². The van der Waals surface area contributed by atoms with Crippen molar-refractivity contribution in [1.82, 2.24) is 0 Å². The quantitative estimate of drug-likeness (QED) is 0.546. The molecule has 0 atom stereocenters. The zero-order chi connectivity index (χ0) is 9.35. The van der Waals surface area contributed by atoms with Gasteiger partial charge in [0, 0.05) is 12.1 Å². The Morgan fingerprint density at radius 3 is 2.33 bits per heavy atom. The van der Waals surface area contributed by atoms with Crippen molar-refractivity contribution in [1.29, 1.82) is 0 Å². The van der Waals surface area contributed by atoms with Crippen LogP contribution in [0.25, 0.3) is 0 Å². The molecule has 65 valence electrons. The van der Waals surface area contributed by atoms with Gasteiger partial charge in [0.2, 0.25) is 0 Å². The van der Waals surface area contributed by atoms with Gasteiger partial charge >= 0.3 is 0 Å². The number of phenols is 2. The minimum atomic E-state index is -4.47. The van der Waals surface area contributed by atoms with Crippen LogP contribution in [0.3, 0.4) is 0 Å².